The van der Waals surface area contributed by atoms with Gasteiger partial charge in [0.1, 0.15) is 11.6 Å². The molecule has 0 spiro atoms. The summed E-state index contributed by atoms with van der Waals surface area (Å²) in [6.07, 6.45) is 0.389. The van der Waals surface area contributed by atoms with Crippen LogP contribution >= 0.6 is 11.5 Å². The van der Waals surface area contributed by atoms with Gasteiger partial charge in [-0.1, -0.05) is 12.1 Å². The Morgan fingerprint density at radius 1 is 1.42 bits per heavy atom. The van der Waals surface area contributed by atoms with Crippen LogP contribution in [0.25, 0.3) is 10.2 Å². The highest BCUT2D eigenvalue weighted by Gasteiger charge is 2.10. The van der Waals surface area contributed by atoms with Gasteiger partial charge in [-0.15, -0.1) is 0 Å². The number of aromatic nitrogens is 3. The third-order valence-electron chi connectivity index (χ3n) is 2.83. The summed E-state index contributed by atoms with van der Waals surface area (Å²) in [6.45, 7) is 1.78. The number of H-pyrrole nitrogens is 1. The van der Waals surface area contributed by atoms with Crippen LogP contribution < -0.4 is 5.56 Å². The quantitative estimate of drug-likeness (QED) is 0.781. The lowest BCUT2D eigenvalue weighted by Crippen LogP contribution is -2.11. The number of fused-ring (bicyclic) bond motifs is 1. The maximum Gasteiger partial charge on any atom is 0.261 e. The summed E-state index contributed by atoms with van der Waals surface area (Å²) >= 11 is 1.20. The highest BCUT2D eigenvalue weighted by atomic mass is 32.1. The fourth-order valence-electron chi connectivity index (χ4n) is 1.96. The molecule has 0 amide bonds. The Hall–Kier alpha value is -2.08. The van der Waals surface area contributed by atoms with E-state index in [0.717, 1.165) is 5.56 Å². The van der Waals surface area contributed by atoms with E-state index >= 15 is 0 Å². The Morgan fingerprint density at radius 2 is 2.26 bits per heavy atom. The molecule has 6 heteroatoms. The SMILES string of the molecule is Cc1nsc2nc(Cc3cccc(F)c3)[nH]c(=O)c12. The number of aryl methyl sites for hydroxylation is 1. The summed E-state index contributed by atoms with van der Waals surface area (Å²) in [7, 11) is 0. The first kappa shape index (κ1) is 12.0. The van der Waals surface area contributed by atoms with Gasteiger partial charge in [0.05, 0.1) is 11.1 Å². The van der Waals surface area contributed by atoms with Crippen molar-refractivity contribution in [2.45, 2.75) is 13.3 Å². The minimum atomic E-state index is -0.297. The minimum absolute atomic E-state index is 0.192. The monoisotopic (exact) mass is 275 g/mol. The predicted octanol–water partition coefficient (Wildman–Crippen LogP) is 2.42. The molecule has 96 valence electrons. The molecule has 3 aromatic rings. The second-order valence-electron chi connectivity index (χ2n) is 4.27. The molecule has 0 aliphatic carbocycles. The zero-order valence-electron chi connectivity index (χ0n) is 10.1. The van der Waals surface area contributed by atoms with E-state index in [4.69, 9.17) is 0 Å². The van der Waals surface area contributed by atoms with Crippen LogP contribution in [0, 0.1) is 12.7 Å². The lowest BCUT2D eigenvalue weighted by molar-refractivity contribution is 0.626. The summed E-state index contributed by atoms with van der Waals surface area (Å²) in [6, 6.07) is 6.25. The van der Waals surface area contributed by atoms with Crippen LogP contribution in [0.4, 0.5) is 4.39 Å². The third kappa shape index (κ3) is 2.26. The molecule has 2 heterocycles. The minimum Gasteiger partial charge on any atom is -0.310 e. The predicted molar refractivity (Wildman–Crippen MR) is 72.0 cm³/mol. The Bertz CT molecular complexity index is 809. The second kappa shape index (κ2) is 4.55. The molecule has 1 aromatic carbocycles. The molecule has 0 aliphatic heterocycles. The smallest absolute Gasteiger partial charge is 0.261 e. The van der Waals surface area contributed by atoms with Crippen LogP contribution in [-0.4, -0.2) is 14.3 Å². The molecule has 2 aromatic heterocycles. The first-order chi connectivity index (χ1) is 9.13. The van der Waals surface area contributed by atoms with Crippen LogP contribution in [0.2, 0.25) is 0 Å². The average molecular weight is 275 g/mol. The van der Waals surface area contributed by atoms with E-state index in [1.165, 1.54) is 23.7 Å². The Kier molecular flexibility index (Phi) is 2.87. The van der Waals surface area contributed by atoms with Crippen LogP contribution in [-0.2, 0) is 6.42 Å². The number of nitrogens with zero attached hydrogens (tertiary/aromatic N) is 2. The van der Waals surface area contributed by atoms with Crippen molar-refractivity contribution in [3.63, 3.8) is 0 Å². The molecule has 3 rings (SSSR count). The number of rotatable bonds is 2. The van der Waals surface area contributed by atoms with E-state index in [1.807, 2.05) is 0 Å². The highest BCUT2D eigenvalue weighted by Crippen LogP contribution is 2.16. The zero-order valence-corrected chi connectivity index (χ0v) is 10.9. The van der Waals surface area contributed by atoms with Gasteiger partial charge in [0.25, 0.3) is 5.56 Å². The van der Waals surface area contributed by atoms with Crippen molar-refractivity contribution in [1.29, 1.82) is 0 Å². The van der Waals surface area contributed by atoms with E-state index in [1.54, 1.807) is 19.1 Å². The summed E-state index contributed by atoms with van der Waals surface area (Å²) < 4.78 is 17.2. The van der Waals surface area contributed by atoms with Gasteiger partial charge in [-0.05, 0) is 36.2 Å². The number of hydrogen-bond donors (Lipinski definition) is 1. The maximum atomic E-state index is 13.1. The van der Waals surface area contributed by atoms with E-state index < -0.39 is 0 Å². The van der Waals surface area contributed by atoms with Gasteiger partial charge in [0, 0.05) is 6.42 Å². The van der Waals surface area contributed by atoms with Gasteiger partial charge in [0.15, 0.2) is 4.83 Å². The molecule has 0 aliphatic rings. The largest absolute Gasteiger partial charge is 0.310 e. The average Bonchev–Trinajstić information content (AvgIpc) is 2.71. The van der Waals surface area contributed by atoms with Gasteiger partial charge < -0.3 is 4.98 Å². The topological polar surface area (TPSA) is 58.6 Å². The van der Waals surface area contributed by atoms with E-state index in [9.17, 15) is 9.18 Å². The lowest BCUT2D eigenvalue weighted by Gasteiger charge is -2.01. The molecule has 4 nitrogen and oxygen atoms in total. The van der Waals surface area contributed by atoms with Gasteiger partial charge >= 0.3 is 0 Å². The van der Waals surface area contributed by atoms with Crippen LogP contribution in [0.15, 0.2) is 29.1 Å². The van der Waals surface area contributed by atoms with Crippen LogP contribution in [0.5, 0.6) is 0 Å². The van der Waals surface area contributed by atoms with Crippen molar-refractivity contribution < 1.29 is 4.39 Å². The molecular formula is C13H10FN3OS. The number of halogens is 1. The molecule has 19 heavy (non-hydrogen) atoms. The summed E-state index contributed by atoms with van der Waals surface area (Å²) in [5.41, 5.74) is 1.26. The standard InChI is InChI=1S/C13H10FN3OS/c1-7-11-12(18)15-10(16-13(11)19-17-7)6-8-3-2-4-9(14)5-8/h2-5H,6H2,1H3,(H,15,16,18). The molecule has 0 bridgehead atoms. The van der Waals surface area contributed by atoms with Crippen molar-refractivity contribution in [3.8, 4) is 0 Å². The molecule has 0 unspecified atom stereocenters. The Morgan fingerprint density at radius 3 is 3.05 bits per heavy atom. The van der Waals surface area contributed by atoms with Gasteiger partial charge in [-0.25, -0.2) is 9.37 Å². The van der Waals surface area contributed by atoms with Gasteiger partial charge in [0.2, 0.25) is 0 Å². The summed E-state index contributed by atoms with van der Waals surface area (Å²) in [5.74, 6) is 0.223. The molecule has 0 saturated carbocycles. The van der Waals surface area contributed by atoms with Crippen LogP contribution in [0.3, 0.4) is 0 Å². The van der Waals surface area contributed by atoms with Crippen molar-refractivity contribution in [2.24, 2.45) is 0 Å². The Balaban J connectivity index is 2.04. The second-order valence-corrected chi connectivity index (χ2v) is 5.02. The fourth-order valence-corrected chi connectivity index (χ4v) is 2.76. The zero-order chi connectivity index (χ0) is 13.4. The number of nitrogens with one attached hydrogen (secondary N) is 1. The van der Waals surface area contributed by atoms with Crippen molar-refractivity contribution in [1.82, 2.24) is 14.3 Å². The van der Waals surface area contributed by atoms with Gasteiger partial charge in [-0.2, -0.15) is 4.37 Å². The first-order valence-electron chi connectivity index (χ1n) is 5.73. The molecule has 0 radical (unpaired) electrons. The number of hydrogen-bond acceptors (Lipinski definition) is 4. The number of benzene rings is 1. The maximum absolute atomic E-state index is 13.1. The van der Waals surface area contributed by atoms with Crippen molar-refractivity contribution >= 4 is 21.7 Å². The molecular weight excluding hydrogens is 265 g/mol. The van der Waals surface area contributed by atoms with E-state index in [2.05, 4.69) is 14.3 Å². The molecule has 1 N–H and O–H groups in total. The highest BCUT2D eigenvalue weighted by molar-refractivity contribution is 7.12. The lowest BCUT2D eigenvalue weighted by atomic mass is 10.1. The van der Waals surface area contributed by atoms with E-state index in [-0.39, 0.29) is 11.4 Å². The third-order valence-corrected chi connectivity index (χ3v) is 3.66. The normalized spacial score (nSPS) is 11.1. The summed E-state index contributed by atoms with van der Waals surface area (Å²) in [5, 5.41) is 0.535. The van der Waals surface area contributed by atoms with E-state index in [0.29, 0.717) is 28.2 Å². The summed E-state index contributed by atoms with van der Waals surface area (Å²) in [4.78, 5) is 19.6. The molecule has 0 saturated heterocycles. The molecule has 0 fully saturated rings. The fraction of sp³-hybridized carbons (Fsp3) is 0.154. The molecule has 0 atom stereocenters. The first-order valence-corrected chi connectivity index (χ1v) is 6.50. The number of aromatic amines is 1. The Labute approximate surface area is 112 Å². The van der Waals surface area contributed by atoms with Crippen LogP contribution in [0.1, 0.15) is 17.1 Å². The van der Waals surface area contributed by atoms with Crippen molar-refractivity contribution in [2.75, 3.05) is 0 Å². The van der Waals surface area contributed by atoms with Crippen molar-refractivity contribution in [3.05, 3.63) is 57.5 Å². The van der Waals surface area contributed by atoms with Gasteiger partial charge in [-0.3, -0.25) is 4.79 Å².